The van der Waals surface area contributed by atoms with E-state index in [1.165, 1.54) is 36.4 Å². The highest BCUT2D eigenvalue weighted by molar-refractivity contribution is 6.04. The zero-order chi connectivity index (χ0) is 23.1. The molecule has 3 rings (SSSR count). The normalized spacial score (nSPS) is 10.7. The van der Waals surface area contributed by atoms with Crippen LogP contribution in [-0.4, -0.2) is 18.4 Å². The average Bonchev–Trinajstić information content (AvgIpc) is 2.78. The van der Waals surface area contributed by atoms with E-state index in [4.69, 9.17) is 10.00 Å². The predicted octanol–water partition coefficient (Wildman–Crippen LogP) is 4.85. The molecule has 0 saturated carbocycles. The SMILES string of the molecule is N#Cc1cccc(NC(=O)c2ccc(OCC(=O)Nc3cccc(C(F)(F)F)c3)cc2)c1. The van der Waals surface area contributed by atoms with Gasteiger partial charge in [0.05, 0.1) is 17.2 Å². The maximum absolute atomic E-state index is 12.7. The van der Waals surface area contributed by atoms with E-state index in [1.807, 2.05) is 6.07 Å². The summed E-state index contributed by atoms with van der Waals surface area (Å²) in [5, 5.41) is 13.9. The first-order chi connectivity index (χ1) is 15.2. The molecule has 162 valence electrons. The predicted molar refractivity (Wildman–Crippen MR) is 111 cm³/mol. The van der Waals surface area contributed by atoms with Crippen LogP contribution in [0.5, 0.6) is 5.75 Å². The Morgan fingerprint density at radius 1 is 0.906 bits per heavy atom. The Bertz CT molecular complexity index is 1170. The minimum Gasteiger partial charge on any atom is -0.484 e. The lowest BCUT2D eigenvalue weighted by Gasteiger charge is -2.11. The summed E-state index contributed by atoms with van der Waals surface area (Å²) in [6.45, 7) is -0.428. The van der Waals surface area contributed by atoms with Crippen LogP contribution in [0.25, 0.3) is 0 Å². The number of hydrogen-bond donors (Lipinski definition) is 2. The molecule has 0 fully saturated rings. The van der Waals surface area contributed by atoms with E-state index in [0.717, 1.165) is 12.1 Å². The molecular weight excluding hydrogens is 423 g/mol. The topological polar surface area (TPSA) is 91.2 Å². The van der Waals surface area contributed by atoms with E-state index in [1.54, 1.807) is 24.3 Å². The molecule has 3 aromatic carbocycles. The summed E-state index contributed by atoms with van der Waals surface area (Å²) in [6, 6.07) is 18.7. The van der Waals surface area contributed by atoms with Crippen molar-refractivity contribution >= 4 is 23.2 Å². The minimum atomic E-state index is -4.51. The fourth-order valence-corrected chi connectivity index (χ4v) is 2.69. The smallest absolute Gasteiger partial charge is 0.416 e. The van der Waals surface area contributed by atoms with Gasteiger partial charge in [-0.3, -0.25) is 9.59 Å². The summed E-state index contributed by atoms with van der Waals surface area (Å²) in [6.07, 6.45) is -4.51. The molecule has 6 nitrogen and oxygen atoms in total. The maximum Gasteiger partial charge on any atom is 0.416 e. The largest absolute Gasteiger partial charge is 0.484 e. The molecule has 0 aromatic heterocycles. The van der Waals surface area contributed by atoms with Gasteiger partial charge in [0, 0.05) is 16.9 Å². The maximum atomic E-state index is 12.7. The van der Waals surface area contributed by atoms with Gasteiger partial charge in [-0.25, -0.2) is 0 Å². The minimum absolute atomic E-state index is 0.000844. The molecule has 0 saturated heterocycles. The molecule has 0 heterocycles. The third-order valence-electron chi connectivity index (χ3n) is 4.21. The second-order valence-corrected chi connectivity index (χ2v) is 6.59. The number of carbonyl (C=O) groups excluding carboxylic acids is 2. The van der Waals surface area contributed by atoms with Gasteiger partial charge in [-0.05, 0) is 60.7 Å². The molecule has 0 unspecified atom stereocenters. The lowest BCUT2D eigenvalue weighted by Crippen LogP contribution is -2.20. The van der Waals surface area contributed by atoms with Crippen molar-refractivity contribution in [1.82, 2.24) is 0 Å². The zero-order valence-electron chi connectivity index (χ0n) is 16.4. The second-order valence-electron chi connectivity index (χ2n) is 6.59. The van der Waals surface area contributed by atoms with Crippen molar-refractivity contribution in [1.29, 1.82) is 5.26 Å². The van der Waals surface area contributed by atoms with Crippen molar-refractivity contribution in [3.63, 3.8) is 0 Å². The van der Waals surface area contributed by atoms with Crippen LogP contribution in [0.15, 0.2) is 72.8 Å². The molecule has 0 aliphatic heterocycles. The fourth-order valence-electron chi connectivity index (χ4n) is 2.69. The number of ether oxygens (including phenoxy) is 1. The molecular formula is C23H16F3N3O3. The van der Waals surface area contributed by atoms with Crippen LogP contribution >= 0.6 is 0 Å². The molecule has 0 atom stereocenters. The number of carbonyl (C=O) groups is 2. The number of rotatable bonds is 6. The number of hydrogen-bond acceptors (Lipinski definition) is 4. The highest BCUT2D eigenvalue weighted by Gasteiger charge is 2.30. The van der Waals surface area contributed by atoms with Crippen LogP contribution in [0.1, 0.15) is 21.5 Å². The summed E-state index contributed by atoms with van der Waals surface area (Å²) < 4.78 is 43.5. The standard InChI is InChI=1S/C23H16F3N3O3/c24-23(25,26)17-4-2-6-19(12-17)28-21(30)14-32-20-9-7-16(8-10-20)22(31)29-18-5-1-3-15(11-18)13-27/h1-12H,14H2,(H,28,30)(H,29,31). The number of nitrogens with one attached hydrogen (secondary N) is 2. The first-order valence-electron chi connectivity index (χ1n) is 9.26. The number of anilines is 2. The van der Waals surface area contributed by atoms with Gasteiger partial charge in [0.15, 0.2) is 6.61 Å². The lowest BCUT2D eigenvalue weighted by molar-refractivity contribution is -0.137. The molecule has 0 aliphatic rings. The van der Waals surface area contributed by atoms with E-state index in [0.29, 0.717) is 22.6 Å². The van der Waals surface area contributed by atoms with Gasteiger partial charge in [-0.1, -0.05) is 12.1 Å². The monoisotopic (exact) mass is 439 g/mol. The van der Waals surface area contributed by atoms with E-state index < -0.39 is 30.2 Å². The van der Waals surface area contributed by atoms with Gasteiger partial charge >= 0.3 is 6.18 Å². The Kier molecular flexibility index (Phi) is 6.75. The Labute approximate surface area is 181 Å². The van der Waals surface area contributed by atoms with Crippen molar-refractivity contribution in [2.75, 3.05) is 17.2 Å². The average molecular weight is 439 g/mol. The third kappa shape index (κ3) is 6.09. The van der Waals surface area contributed by atoms with Gasteiger partial charge in [0.25, 0.3) is 11.8 Å². The number of alkyl halides is 3. The number of halogens is 3. The second kappa shape index (κ2) is 9.66. The first kappa shape index (κ1) is 22.4. The van der Waals surface area contributed by atoms with Crippen molar-refractivity contribution < 1.29 is 27.5 Å². The van der Waals surface area contributed by atoms with Crippen LogP contribution in [0.3, 0.4) is 0 Å². The van der Waals surface area contributed by atoms with Crippen molar-refractivity contribution in [3.05, 3.63) is 89.5 Å². The fraction of sp³-hybridized carbons (Fsp3) is 0.0870. The number of nitrogens with zero attached hydrogens (tertiary/aromatic N) is 1. The van der Waals surface area contributed by atoms with E-state index in [-0.39, 0.29) is 5.69 Å². The van der Waals surface area contributed by atoms with Gasteiger partial charge in [0.2, 0.25) is 0 Å². The Morgan fingerprint density at radius 2 is 1.56 bits per heavy atom. The van der Waals surface area contributed by atoms with Crippen LogP contribution in [0.2, 0.25) is 0 Å². The van der Waals surface area contributed by atoms with Crippen LogP contribution in [-0.2, 0) is 11.0 Å². The van der Waals surface area contributed by atoms with Gasteiger partial charge < -0.3 is 15.4 Å². The molecule has 0 spiro atoms. The Morgan fingerprint density at radius 3 is 2.22 bits per heavy atom. The molecule has 2 N–H and O–H groups in total. The number of amides is 2. The van der Waals surface area contributed by atoms with Gasteiger partial charge in [-0.2, -0.15) is 18.4 Å². The molecule has 3 aromatic rings. The molecule has 0 aliphatic carbocycles. The van der Waals surface area contributed by atoms with E-state index >= 15 is 0 Å². The van der Waals surface area contributed by atoms with E-state index in [9.17, 15) is 22.8 Å². The Balaban J connectivity index is 1.54. The summed E-state index contributed by atoms with van der Waals surface area (Å²) in [5.74, 6) is -0.732. The molecule has 32 heavy (non-hydrogen) atoms. The molecule has 0 radical (unpaired) electrons. The number of benzene rings is 3. The van der Waals surface area contributed by atoms with Gasteiger partial charge in [0.1, 0.15) is 5.75 Å². The molecule has 2 amide bonds. The summed E-state index contributed by atoms with van der Waals surface area (Å²) in [5.41, 5.74) is 0.342. The molecule has 0 bridgehead atoms. The Hall–Kier alpha value is -4.32. The van der Waals surface area contributed by atoms with Crippen molar-refractivity contribution in [2.45, 2.75) is 6.18 Å². The van der Waals surface area contributed by atoms with Crippen LogP contribution in [0, 0.1) is 11.3 Å². The summed E-state index contributed by atoms with van der Waals surface area (Å²) >= 11 is 0. The third-order valence-corrected chi connectivity index (χ3v) is 4.21. The quantitative estimate of drug-likeness (QED) is 0.575. The zero-order valence-corrected chi connectivity index (χ0v) is 16.4. The van der Waals surface area contributed by atoms with E-state index in [2.05, 4.69) is 10.6 Å². The molecule has 9 heteroatoms. The van der Waals surface area contributed by atoms with Crippen LogP contribution in [0.4, 0.5) is 24.5 Å². The highest BCUT2D eigenvalue weighted by atomic mass is 19.4. The summed E-state index contributed by atoms with van der Waals surface area (Å²) in [7, 11) is 0. The lowest BCUT2D eigenvalue weighted by atomic mass is 10.2. The number of nitriles is 1. The van der Waals surface area contributed by atoms with Gasteiger partial charge in [-0.15, -0.1) is 0 Å². The van der Waals surface area contributed by atoms with Crippen LogP contribution < -0.4 is 15.4 Å². The first-order valence-corrected chi connectivity index (χ1v) is 9.26. The summed E-state index contributed by atoms with van der Waals surface area (Å²) in [4.78, 5) is 24.3. The van der Waals surface area contributed by atoms with Crippen molar-refractivity contribution in [2.24, 2.45) is 0 Å². The highest BCUT2D eigenvalue weighted by Crippen LogP contribution is 2.30. The van der Waals surface area contributed by atoms with Crippen molar-refractivity contribution in [3.8, 4) is 11.8 Å².